The molecule has 168 valence electrons. The fourth-order valence-corrected chi connectivity index (χ4v) is 2.69. The lowest BCUT2D eigenvalue weighted by Gasteiger charge is -2.25. The zero-order chi connectivity index (χ0) is 22.7. The van der Waals surface area contributed by atoms with Gasteiger partial charge in [0, 0.05) is 24.9 Å². The van der Waals surface area contributed by atoms with Crippen LogP contribution in [0.15, 0.2) is 17.5 Å². The topological polar surface area (TPSA) is 215 Å². The van der Waals surface area contributed by atoms with Crippen LogP contribution in [0, 0.1) is 5.92 Å². The number of aliphatic imine (C=N–C) groups is 1. The molecule has 0 fully saturated rings. The number of hydrogen-bond acceptors (Lipinski definition) is 6. The Morgan fingerprint density at radius 1 is 1.27 bits per heavy atom. The molecule has 0 radical (unpaired) electrons. The number of carboxylic acids is 1. The van der Waals surface area contributed by atoms with E-state index in [0.29, 0.717) is 31.5 Å². The molecule has 30 heavy (non-hydrogen) atoms. The average molecular weight is 425 g/mol. The number of carboxylic acid groups (broad SMARTS) is 1. The van der Waals surface area contributed by atoms with E-state index in [1.54, 1.807) is 6.92 Å². The number of aromatic amines is 1. The molecule has 12 heteroatoms. The Morgan fingerprint density at radius 3 is 2.50 bits per heavy atom. The van der Waals surface area contributed by atoms with E-state index in [-0.39, 0.29) is 18.3 Å². The lowest BCUT2D eigenvalue weighted by Crippen LogP contribution is -2.56. The predicted molar refractivity (Wildman–Crippen MR) is 111 cm³/mol. The number of nitrogens with zero attached hydrogens (tertiary/aromatic N) is 2. The highest BCUT2D eigenvalue weighted by molar-refractivity contribution is 5.92. The third kappa shape index (κ3) is 8.47. The van der Waals surface area contributed by atoms with Crippen molar-refractivity contribution in [3.05, 3.63) is 18.2 Å². The van der Waals surface area contributed by atoms with Gasteiger partial charge in [0.05, 0.1) is 12.4 Å². The molecular weight excluding hydrogens is 392 g/mol. The summed E-state index contributed by atoms with van der Waals surface area (Å²) in [6.07, 6.45) is 4.43. The van der Waals surface area contributed by atoms with Crippen molar-refractivity contribution in [2.75, 3.05) is 6.54 Å². The second-order valence-electron chi connectivity index (χ2n) is 7.11. The van der Waals surface area contributed by atoms with Gasteiger partial charge in [-0.2, -0.15) is 0 Å². The number of carbonyl (C=O) groups is 3. The third-order valence-electron chi connectivity index (χ3n) is 4.69. The third-order valence-corrected chi connectivity index (χ3v) is 4.69. The normalized spacial score (nSPS) is 14.8. The highest BCUT2D eigenvalue weighted by Crippen LogP contribution is 2.09. The Balaban J connectivity index is 2.81. The van der Waals surface area contributed by atoms with Gasteiger partial charge in [0.15, 0.2) is 5.96 Å². The molecule has 12 nitrogen and oxygen atoms in total. The van der Waals surface area contributed by atoms with Gasteiger partial charge < -0.3 is 37.9 Å². The number of H-pyrrole nitrogens is 1. The molecule has 1 heterocycles. The fourth-order valence-electron chi connectivity index (χ4n) is 2.69. The number of nitrogens with two attached hydrogens (primary N) is 3. The zero-order valence-corrected chi connectivity index (χ0v) is 17.3. The Kier molecular flexibility index (Phi) is 10.3. The first-order chi connectivity index (χ1) is 14.1. The van der Waals surface area contributed by atoms with Gasteiger partial charge in [-0.3, -0.25) is 14.6 Å². The number of nitrogens with one attached hydrogen (secondary N) is 3. The monoisotopic (exact) mass is 424 g/mol. The predicted octanol–water partition coefficient (Wildman–Crippen LogP) is -1.57. The number of aliphatic carboxylic acids is 1. The van der Waals surface area contributed by atoms with Crippen LogP contribution in [-0.2, 0) is 20.8 Å². The van der Waals surface area contributed by atoms with Gasteiger partial charge in [-0.25, -0.2) is 9.78 Å². The van der Waals surface area contributed by atoms with Crippen LogP contribution >= 0.6 is 0 Å². The van der Waals surface area contributed by atoms with Crippen LogP contribution in [0.3, 0.4) is 0 Å². The van der Waals surface area contributed by atoms with Crippen molar-refractivity contribution in [3.63, 3.8) is 0 Å². The SMILES string of the molecule is CCC(C)C(NC(=O)C(Cc1cnc[nH]1)NC(=O)C(N)CCCN=C(N)N)C(=O)O. The Hall–Kier alpha value is -3.15. The van der Waals surface area contributed by atoms with Crippen LogP contribution in [0.5, 0.6) is 0 Å². The van der Waals surface area contributed by atoms with Gasteiger partial charge >= 0.3 is 5.97 Å². The van der Waals surface area contributed by atoms with Crippen molar-refractivity contribution in [2.24, 2.45) is 28.1 Å². The molecule has 0 aliphatic heterocycles. The number of carbonyl (C=O) groups excluding carboxylic acids is 2. The molecule has 0 saturated carbocycles. The molecule has 1 rings (SSSR count). The van der Waals surface area contributed by atoms with Crippen molar-refractivity contribution in [3.8, 4) is 0 Å². The van der Waals surface area contributed by atoms with Gasteiger partial charge in [-0.1, -0.05) is 20.3 Å². The van der Waals surface area contributed by atoms with E-state index in [1.807, 2.05) is 6.92 Å². The maximum absolute atomic E-state index is 12.8. The van der Waals surface area contributed by atoms with E-state index in [1.165, 1.54) is 12.5 Å². The first kappa shape index (κ1) is 24.9. The maximum atomic E-state index is 12.8. The Morgan fingerprint density at radius 2 is 1.97 bits per heavy atom. The molecule has 4 atom stereocenters. The summed E-state index contributed by atoms with van der Waals surface area (Å²) in [5.41, 5.74) is 17.0. The lowest BCUT2D eigenvalue weighted by molar-refractivity contribution is -0.143. The summed E-state index contributed by atoms with van der Waals surface area (Å²) in [7, 11) is 0. The smallest absolute Gasteiger partial charge is 0.326 e. The summed E-state index contributed by atoms with van der Waals surface area (Å²) in [6.45, 7) is 3.89. The Labute approximate surface area is 175 Å². The summed E-state index contributed by atoms with van der Waals surface area (Å²) >= 11 is 0. The average Bonchev–Trinajstić information content (AvgIpc) is 3.20. The minimum absolute atomic E-state index is 0.0430. The number of imidazole rings is 1. The van der Waals surface area contributed by atoms with Crippen molar-refractivity contribution >= 4 is 23.7 Å². The minimum Gasteiger partial charge on any atom is -0.480 e. The second kappa shape index (κ2) is 12.4. The molecule has 10 N–H and O–H groups in total. The fraction of sp³-hybridized carbons (Fsp3) is 0.611. The Bertz CT molecular complexity index is 718. The molecule has 0 aliphatic carbocycles. The molecule has 0 spiro atoms. The van der Waals surface area contributed by atoms with E-state index in [0.717, 1.165) is 0 Å². The quantitative estimate of drug-likeness (QED) is 0.111. The number of amides is 2. The molecule has 0 saturated heterocycles. The van der Waals surface area contributed by atoms with Crippen molar-refractivity contribution < 1.29 is 19.5 Å². The molecule has 4 unspecified atom stereocenters. The van der Waals surface area contributed by atoms with Gasteiger partial charge in [0.2, 0.25) is 11.8 Å². The van der Waals surface area contributed by atoms with E-state index in [4.69, 9.17) is 17.2 Å². The van der Waals surface area contributed by atoms with E-state index < -0.39 is 35.9 Å². The van der Waals surface area contributed by atoms with E-state index in [2.05, 4.69) is 25.6 Å². The first-order valence-corrected chi connectivity index (χ1v) is 9.77. The van der Waals surface area contributed by atoms with Crippen LogP contribution in [0.2, 0.25) is 0 Å². The van der Waals surface area contributed by atoms with E-state index in [9.17, 15) is 19.5 Å². The largest absolute Gasteiger partial charge is 0.480 e. The summed E-state index contributed by atoms with van der Waals surface area (Å²) in [5, 5.41) is 14.5. The number of hydrogen-bond donors (Lipinski definition) is 7. The minimum atomic E-state index is -1.14. The molecule has 0 aliphatic rings. The van der Waals surface area contributed by atoms with Crippen molar-refractivity contribution in [1.82, 2.24) is 20.6 Å². The van der Waals surface area contributed by atoms with Crippen molar-refractivity contribution in [2.45, 2.75) is 57.7 Å². The summed E-state index contributed by atoms with van der Waals surface area (Å²) < 4.78 is 0. The number of guanidine groups is 1. The van der Waals surface area contributed by atoms with Crippen LogP contribution in [0.4, 0.5) is 0 Å². The molecule has 1 aromatic rings. The van der Waals surface area contributed by atoms with E-state index >= 15 is 0 Å². The molecule has 0 bridgehead atoms. The van der Waals surface area contributed by atoms with Crippen LogP contribution in [-0.4, -0.2) is 63.5 Å². The second-order valence-corrected chi connectivity index (χ2v) is 7.11. The molecule has 0 aromatic carbocycles. The number of aromatic nitrogens is 2. The number of rotatable bonds is 13. The zero-order valence-electron chi connectivity index (χ0n) is 17.3. The van der Waals surface area contributed by atoms with Gasteiger partial charge in [0.1, 0.15) is 12.1 Å². The van der Waals surface area contributed by atoms with Crippen LogP contribution in [0.1, 0.15) is 38.8 Å². The highest BCUT2D eigenvalue weighted by atomic mass is 16.4. The van der Waals surface area contributed by atoms with Crippen LogP contribution < -0.4 is 27.8 Å². The standard InChI is InChI=1S/C18H32N8O4/c1-3-10(2)14(17(29)30)26-16(28)13(7-11-8-22-9-24-11)25-15(27)12(19)5-4-6-23-18(20)21/h8-10,12-14H,3-7,19H2,1-2H3,(H,22,24)(H,25,27)(H,26,28)(H,29,30)(H4,20,21,23). The lowest BCUT2D eigenvalue weighted by atomic mass is 9.98. The molecule has 1 aromatic heterocycles. The van der Waals surface area contributed by atoms with Crippen molar-refractivity contribution in [1.29, 1.82) is 0 Å². The van der Waals surface area contributed by atoms with Gasteiger partial charge in [-0.15, -0.1) is 0 Å². The highest BCUT2D eigenvalue weighted by Gasteiger charge is 2.30. The molecule has 2 amide bonds. The first-order valence-electron chi connectivity index (χ1n) is 9.77. The summed E-state index contributed by atoms with van der Waals surface area (Å²) in [5.74, 6) is -2.61. The summed E-state index contributed by atoms with van der Waals surface area (Å²) in [4.78, 5) is 47.4. The van der Waals surface area contributed by atoms with Crippen LogP contribution in [0.25, 0.3) is 0 Å². The molecular formula is C18H32N8O4. The van der Waals surface area contributed by atoms with Gasteiger partial charge in [0.25, 0.3) is 0 Å². The maximum Gasteiger partial charge on any atom is 0.326 e. The summed E-state index contributed by atoms with van der Waals surface area (Å²) in [6, 6.07) is -2.97. The van der Waals surface area contributed by atoms with Gasteiger partial charge in [-0.05, 0) is 18.8 Å².